The van der Waals surface area contributed by atoms with Gasteiger partial charge in [-0.3, -0.25) is 0 Å². The van der Waals surface area contributed by atoms with Gasteiger partial charge in [0.25, 0.3) is 0 Å². The smallest absolute Gasteiger partial charge is 0.0568 e. The molecule has 9 aromatic carbocycles. The average molecular weight is 743 g/mol. The van der Waals surface area contributed by atoms with Gasteiger partial charge in [0, 0.05) is 45.9 Å². The minimum atomic E-state index is -0.109. The number of aryl methyl sites for hydroxylation is 1. The zero-order chi connectivity index (χ0) is 39.0. The molecule has 0 radical (unpaired) electrons. The molecule has 10 aromatic rings. The maximum Gasteiger partial charge on any atom is 0.0568 e. The molecule has 2 heteroatoms. The Kier molecular flexibility index (Phi) is 7.78. The van der Waals surface area contributed by atoms with Crippen LogP contribution in [0.1, 0.15) is 25.0 Å². The Labute approximate surface area is 339 Å². The van der Waals surface area contributed by atoms with E-state index in [0.717, 1.165) is 17.1 Å². The maximum atomic E-state index is 2.42. The fourth-order valence-electron chi connectivity index (χ4n) is 9.77. The van der Waals surface area contributed by atoms with Gasteiger partial charge in [0.1, 0.15) is 0 Å². The first kappa shape index (κ1) is 34.1. The number of anilines is 3. The van der Waals surface area contributed by atoms with Crippen molar-refractivity contribution in [2.75, 3.05) is 4.90 Å². The van der Waals surface area contributed by atoms with E-state index in [4.69, 9.17) is 0 Å². The van der Waals surface area contributed by atoms with Crippen LogP contribution in [-0.4, -0.2) is 4.57 Å². The molecule has 0 saturated heterocycles. The van der Waals surface area contributed by atoms with E-state index < -0.39 is 0 Å². The Balaban J connectivity index is 1.07. The number of hydrogen-bond donors (Lipinski definition) is 0. The minimum absolute atomic E-state index is 0.109. The second kappa shape index (κ2) is 13.2. The summed E-state index contributed by atoms with van der Waals surface area (Å²) in [6.45, 7) is 4.72. The molecular weight excluding hydrogens is 701 g/mol. The van der Waals surface area contributed by atoms with Crippen molar-refractivity contribution in [3.8, 4) is 44.6 Å². The van der Waals surface area contributed by atoms with Crippen LogP contribution in [0.15, 0.2) is 200 Å². The summed E-state index contributed by atoms with van der Waals surface area (Å²) in [5.74, 6) is 0. The molecular formula is C56H42N2. The van der Waals surface area contributed by atoms with Crippen molar-refractivity contribution in [3.63, 3.8) is 0 Å². The van der Waals surface area contributed by atoms with Crippen LogP contribution < -0.4 is 4.90 Å². The maximum absolute atomic E-state index is 2.42. The number of rotatable bonds is 6. The number of hydrogen-bond acceptors (Lipinski definition) is 1. The van der Waals surface area contributed by atoms with Crippen molar-refractivity contribution in [1.82, 2.24) is 4.57 Å². The van der Waals surface area contributed by atoms with E-state index >= 15 is 0 Å². The van der Waals surface area contributed by atoms with Crippen LogP contribution in [0.25, 0.3) is 77.1 Å². The molecule has 0 saturated carbocycles. The van der Waals surface area contributed by atoms with Gasteiger partial charge in [0.15, 0.2) is 0 Å². The Morgan fingerprint density at radius 1 is 0.397 bits per heavy atom. The summed E-state index contributed by atoms with van der Waals surface area (Å²) in [5, 5.41) is 6.29. The first-order valence-corrected chi connectivity index (χ1v) is 20.2. The molecule has 0 N–H and O–H groups in total. The lowest BCUT2D eigenvalue weighted by Gasteiger charge is -2.28. The Hall–Kier alpha value is -7.16. The van der Waals surface area contributed by atoms with Gasteiger partial charge in [0.05, 0.1) is 11.2 Å². The van der Waals surface area contributed by atoms with Gasteiger partial charge in [-0.2, -0.15) is 0 Å². The van der Waals surface area contributed by atoms with Gasteiger partial charge in [-0.1, -0.05) is 178 Å². The van der Waals surface area contributed by atoms with Gasteiger partial charge >= 0.3 is 0 Å². The van der Waals surface area contributed by atoms with Crippen molar-refractivity contribution in [3.05, 3.63) is 211 Å². The number of benzene rings is 9. The fraction of sp³-hybridized carbons (Fsp3) is 0.0714. The average Bonchev–Trinajstić information content (AvgIpc) is 3.71. The lowest BCUT2D eigenvalue weighted by Crippen LogP contribution is -2.16. The quantitative estimate of drug-likeness (QED) is 0.165. The largest absolute Gasteiger partial charge is 0.343 e. The number of fused-ring (bicyclic) bond motifs is 7. The summed E-state index contributed by atoms with van der Waals surface area (Å²) >= 11 is 0. The van der Waals surface area contributed by atoms with Crippen LogP contribution in [0.4, 0.5) is 17.1 Å². The highest BCUT2D eigenvalue weighted by Gasteiger charge is 2.35. The summed E-state index contributed by atoms with van der Waals surface area (Å²) in [7, 11) is 2.21. The van der Waals surface area contributed by atoms with E-state index in [-0.39, 0.29) is 5.41 Å². The predicted molar refractivity (Wildman–Crippen MR) is 246 cm³/mol. The van der Waals surface area contributed by atoms with E-state index in [1.54, 1.807) is 0 Å². The van der Waals surface area contributed by atoms with E-state index in [0.29, 0.717) is 0 Å². The summed E-state index contributed by atoms with van der Waals surface area (Å²) in [5.41, 5.74) is 17.3. The monoisotopic (exact) mass is 742 g/mol. The van der Waals surface area contributed by atoms with Crippen LogP contribution in [0.2, 0.25) is 0 Å². The molecule has 0 spiro atoms. The highest BCUT2D eigenvalue weighted by molar-refractivity contribution is 6.15. The third-order valence-electron chi connectivity index (χ3n) is 12.6. The molecule has 11 rings (SSSR count). The van der Waals surface area contributed by atoms with Gasteiger partial charge < -0.3 is 9.47 Å². The molecule has 276 valence electrons. The first-order valence-electron chi connectivity index (χ1n) is 20.2. The molecule has 0 amide bonds. The Bertz CT molecular complexity index is 3180. The summed E-state index contributed by atoms with van der Waals surface area (Å²) in [6.07, 6.45) is 0. The van der Waals surface area contributed by atoms with Gasteiger partial charge in [-0.05, 0) is 97.1 Å². The Morgan fingerprint density at radius 2 is 0.966 bits per heavy atom. The molecule has 0 unspecified atom stereocenters. The molecule has 0 aliphatic heterocycles. The van der Waals surface area contributed by atoms with Crippen LogP contribution in [0.5, 0.6) is 0 Å². The van der Waals surface area contributed by atoms with E-state index in [9.17, 15) is 0 Å². The zero-order valence-electron chi connectivity index (χ0n) is 32.9. The SMILES string of the molecule is Cn1c(-c2ccccc2)c(-c2ccc(N(c3ccc(-c4cccc5ccccc45)cc3)c3ccc4c(c3)C(C)(C)c3ccccc3-4)cc2)c2ccc3ccccc3c21. The predicted octanol–water partition coefficient (Wildman–Crippen LogP) is 15.3. The Morgan fingerprint density at radius 3 is 1.72 bits per heavy atom. The van der Waals surface area contributed by atoms with Crippen molar-refractivity contribution >= 4 is 49.5 Å². The van der Waals surface area contributed by atoms with E-state index in [1.807, 2.05) is 0 Å². The number of aromatic nitrogens is 1. The standard InChI is InChI=1S/C56H42N2/c1-56(2)51-23-12-11-21-48(51)49-35-33-44(36-52(49)56)58(42-29-24-39(25-30-42)46-22-13-18-37-14-7-9-19-45(37)46)43-31-26-40(27-32-43)53-50-34-28-38-15-8-10-20-47(38)55(50)57(3)54(53)41-16-5-4-6-17-41/h4-36H,1-3H3. The molecule has 1 aliphatic rings. The van der Waals surface area contributed by atoms with E-state index in [2.05, 4.69) is 231 Å². The molecule has 2 nitrogen and oxygen atoms in total. The van der Waals surface area contributed by atoms with Crippen molar-refractivity contribution < 1.29 is 0 Å². The fourth-order valence-corrected chi connectivity index (χ4v) is 9.77. The van der Waals surface area contributed by atoms with Crippen molar-refractivity contribution in [1.29, 1.82) is 0 Å². The molecule has 0 fully saturated rings. The second-order valence-corrected chi connectivity index (χ2v) is 16.2. The van der Waals surface area contributed by atoms with Crippen LogP contribution in [0.3, 0.4) is 0 Å². The molecule has 1 heterocycles. The van der Waals surface area contributed by atoms with Crippen LogP contribution in [0, 0.1) is 0 Å². The molecule has 0 bridgehead atoms. The third kappa shape index (κ3) is 5.26. The van der Waals surface area contributed by atoms with Gasteiger partial charge in [0.2, 0.25) is 0 Å². The lowest BCUT2D eigenvalue weighted by molar-refractivity contribution is 0.660. The highest BCUT2D eigenvalue weighted by Crippen LogP contribution is 2.51. The minimum Gasteiger partial charge on any atom is -0.343 e. The second-order valence-electron chi connectivity index (χ2n) is 16.2. The third-order valence-corrected chi connectivity index (χ3v) is 12.6. The molecule has 58 heavy (non-hydrogen) atoms. The van der Waals surface area contributed by atoms with E-state index in [1.165, 1.54) is 88.2 Å². The zero-order valence-corrected chi connectivity index (χ0v) is 32.9. The molecule has 0 atom stereocenters. The summed E-state index contributed by atoms with van der Waals surface area (Å²) < 4.78 is 2.39. The van der Waals surface area contributed by atoms with Crippen molar-refractivity contribution in [2.45, 2.75) is 19.3 Å². The van der Waals surface area contributed by atoms with Gasteiger partial charge in [-0.25, -0.2) is 0 Å². The molecule has 1 aliphatic carbocycles. The van der Waals surface area contributed by atoms with Crippen molar-refractivity contribution in [2.24, 2.45) is 7.05 Å². The highest BCUT2D eigenvalue weighted by atomic mass is 15.1. The topological polar surface area (TPSA) is 8.17 Å². The van der Waals surface area contributed by atoms with Crippen LogP contribution in [-0.2, 0) is 12.5 Å². The lowest BCUT2D eigenvalue weighted by atomic mass is 9.82. The van der Waals surface area contributed by atoms with Gasteiger partial charge in [-0.15, -0.1) is 0 Å². The summed E-state index contributed by atoms with van der Waals surface area (Å²) in [6, 6.07) is 73.6. The summed E-state index contributed by atoms with van der Waals surface area (Å²) in [4.78, 5) is 2.42. The first-order chi connectivity index (χ1) is 28.5. The molecule has 1 aromatic heterocycles. The number of nitrogens with zero attached hydrogens (tertiary/aromatic N) is 2. The normalized spacial score (nSPS) is 12.9. The van der Waals surface area contributed by atoms with Crippen LogP contribution >= 0.6 is 0 Å².